The van der Waals surface area contributed by atoms with Crippen LogP contribution in [0.25, 0.3) is 98.7 Å². The van der Waals surface area contributed by atoms with E-state index in [1.54, 1.807) is 0 Å². The molecule has 52 heavy (non-hydrogen) atoms. The summed E-state index contributed by atoms with van der Waals surface area (Å²) >= 11 is 0. The average Bonchev–Trinajstić information content (AvgIpc) is 3.22. The highest BCUT2D eigenvalue weighted by Crippen LogP contribution is 2.46. The lowest BCUT2D eigenvalue weighted by Gasteiger charge is -2.19. The van der Waals surface area contributed by atoms with Crippen molar-refractivity contribution in [2.75, 3.05) is 0 Å². The van der Waals surface area contributed by atoms with Gasteiger partial charge < -0.3 is 0 Å². The highest BCUT2D eigenvalue weighted by molar-refractivity contribution is 6.22. The molecule has 0 N–H and O–H groups in total. The molecule has 0 heterocycles. The summed E-state index contributed by atoms with van der Waals surface area (Å²) in [5.74, 6) is 0. The standard InChI is InChI=1S/C52H34/c1-3-15-35(16-4-1)42-32-40-29-30-41(52-47-25-13-11-23-45(47)51(37-18-5-2-6-19-37)46-24-12-14-26-48(46)52)33-49(40)50(34-42)44-22-10-9-21-43(44)39-28-27-36-17-7-8-20-38(36)31-39/h1-34H. The number of rotatable bonds is 5. The predicted octanol–water partition coefficient (Wildman–Crippen LogP) is 14.6. The zero-order valence-electron chi connectivity index (χ0n) is 28.6. The zero-order chi connectivity index (χ0) is 34.4. The summed E-state index contributed by atoms with van der Waals surface area (Å²) in [6.07, 6.45) is 0. The third-order valence-corrected chi connectivity index (χ3v) is 10.6. The van der Waals surface area contributed by atoms with E-state index in [2.05, 4.69) is 206 Å². The van der Waals surface area contributed by atoms with Gasteiger partial charge in [-0.15, -0.1) is 0 Å². The van der Waals surface area contributed by atoms with E-state index in [0.29, 0.717) is 0 Å². The van der Waals surface area contributed by atoms with Crippen LogP contribution in [0.3, 0.4) is 0 Å². The van der Waals surface area contributed by atoms with E-state index in [4.69, 9.17) is 0 Å². The van der Waals surface area contributed by atoms with Gasteiger partial charge in [0.25, 0.3) is 0 Å². The van der Waals surface area contributed by atoms with E-state index in [1.807, 2.05) is 0 Å². The second kappa shape index (κ2) is 12.5. The van der Waals surface area contributed by atoms with Crippen LogP contribution in [-0.2, 0) is 0 Å². The summed E-state index contributed by atoms with van der Waals surface area (Å²) in [4.78, 5) is 0. The second-order valence-corrected chi connectivity index (χ2v) is 13.6. The Kier molecular flexibility index (Phi) is 7.25. The Hall–Kier alpha value is -6.76. The van der Waals surface area contributed by atoms with Gasteiger partial charge in [-0.25, -0.2) is 0 Å². The fourth-order valence-electron chi connectivity index (χ4n) is 8.22. The smallest absolute Gasteiger partial charge is 0.00261 e. The molecular weight excluding hydrogens is 625 g/mol. The van der Waals surface area contributed by atoms with Crippen LogP contribution in [0.1, 0.15) is 0 Å². The molecule has 0 fully saturated rings. The first kappa shape index (κ1) is 30.1. The minimum Gasteiger partial charge on any atom is -0.0622 e. The topological polar surface area (TPSA) is 0 Å². The maximum atomic E-state index is 2.44. The molecule has 0 saturated carbocycles. The van der Waals surface area contributed by atoms with Gasteiger partial charge in [-0.1, -0.05) is 182 Å². The fraction of sp³-hybridized carbons (Fsp3) is 0. The Morgan fingerprint density at radius 1 is 0.192 bits per heavy atom. The maximum absolute atomic E-state index is 2.44. The van der Waals surface area contributed by atoms with Crippen molar-refractivity contribution in [3.8, 4) is 55.6 Å². The molecule has 0 saturated heterocycles. The highest BCUT2D eigenvalue weighted by Gasteiger charge is 2.19. The summed E-state index contributed by atoms with van der Waals surface area (Å²) in [5.41, 5.74) is 12.4. The Morgan fingerprint density at radius 3 is 1.35 bits per heavy atom. The maximum Gasteiger partial charge on any atom is -0.00261 e. The zero-order valence-corrected chi connectivity index (χ0v) is 28.6. The molecule has 0 nitrogen and oxygen atoms in total. The molecule has 0 aliphatic rings. The third kappa shape index (κ3) is 5.08. The Labute approximate surface area is 303 Å². The predicted molar refractivity (Wildman–Crippen MR) is 224 cm³/mol. The molecule has 0 heteroatoms. The molecule has 0 bridgehead atoms. The van der Waals surface area contributed by atoms with Gasteiger partial charge in [-0.05, 0) is 123 Å². The van der Waals surface area contributed by atoms with Gasteiger partial charge in [-0.3, -0.25) is 0 Å². The van der Waals surface area contributed by atoms with Crippen LogP contribution in [0, 0.1) is 0 Å². The summed E-state index contributed by atoms with van der Waals surface area (Å²) in [5, 5.41) is 10.0. The summed E-state index contributed by atoms with van der Waals surface area (Å²) < 4.78 is 0. The van der Waals surface area contributed by atoms with Crippen molar-refractivity contribution in [1.29, 1.82) is 0 Å². The lowest BCUT2D eigenvalue weighted by molar-refractivity contribution is 1.60. The lowest BCUT2D eigenvalue weighted by atomic mass is 9.84. The van der Waals surface area contributed by atoms with Crippen molar-refractivity contribution in [3.63, 3.8) is 0 Å². The van der Waals surface area contributed by atoms with Gasteiger partial charge in [0.2, 0.25) is 0 Å². The minimum atomic E-state index is 1.21. The van der Waals surface area contributed by atoms with Gasteiger partial charge >= 0.3 is 0 Å². The second-order valence-electron chi connectivity index (χ2n) is 13.6. The van der Waals surface area contributed by atoms with E-state index in [1.165, 1.54) is 98.7 Å². The molecular formula is C52H34. The molecule has 0 aliphatic carbocycles. The molecule has 10 aromatic carbocycles. The van der Waals surface area contributed by atoms with Crippen molar-refractivity contribution < 1.29 is 0 Å². The van der Waals surface area contributed by atoms with Crippen LogP contribution < -0.4 is 0 Å². The van der Waals surface area contributed by atoms with Crippen molar-refractivity contribution in [2.24, 2.45) is 0 Å². The normalized spacial score (nSPS) is 11.5. The van der Waals surface area contributed by atoms with Gasteiger partial charge in [0, 0.05) is 0 Å². The Morgan fingerprint density at radius 2 is 0.673 bits per heavy atom. The van der Waals surface area contributed by atoms with Crippen LogP contribution in [0.5, 0.6) is 0 Å². The first-order valence-electron chi connectivity index (χ1n) is 18.0. The van der Waals surface area contributed by atoms with Gasteiger partial charge in [0.1, 0.15) is 0 Å². The Bertz CT molecular complexity index is 2880. The number of hydrogen-bond donors (Lipinski definition) is 0. The molecule has 0 spiro atoms. The molecule has 0 radical (unpaired) electrons. The molecule has 0 atom stereocenters. The van der Waals surface area contributed by atoms with E-state index in [9.17, 15) is 0 Å². The molecule has 10 aromatic rings. The molecule has 0 aliphatic heterocycles. The van der Waals surface area contributed by atoms with E-state index >= 15 is 0 Å². The van der Waals surface area contributed by atoms with Crippen molar-refractivity contribution in [1.82, 2.24) is 0 Å². The van der Waals surface area contributed by atoms with Crippen molar-refractivity contribution in [2.45, 2.75) is 0 Å². The highest BCUT2D eigenvalue weighted by atomic mass is 14.2. The first-order valence-corrected chi connectivity index (χ1v) is 18.0. The van der Waals surface area contributed by atoms with Crippen molar-refractivity contribution in [3.05, 3.63) is 206 Å². The fourth-order valence-corrected chi connectivity index (χ4v) is 8.22. The summed E-state index contributed by atoms with van der Waals surface area (Å²) in [6, 6.07) is 75.6. The van der Waals surface area contributed by atoms with Crippen LogP contribution in [0.15, 0.2) is 206 Å². The first-order chi connectivity index (χ1) is 25.8. The lowest BCUT2D eigenvalue weighted by Crippen LogP contribution is -1.92. The SMILES string of the molecule is c1ccc(-c2cc(-c3ccccc3-c3ccc4ccccc4c3)c3cc(-c4c5ccccc5c(-c5ccccc5)c5ccccc45)ccc3c2)cc1. The largest absolute Gasteiger partial charge is 0.0622 e. The van der Waals surface area contributed by atoms with E-state index in [-0.39, 0.29) is 0 Å². The van der Waals surface area contributed by atoms with Crippen molar-refractivity contribution >= 4 is 43.1 Å². The Balaban J connectivity index is 1.26. The number of hydrogen-bond acceptors (Lipinski definition) is 0. The van der Waals surface area contributed by atoms with Crippen LogP contribution >= 0.6 is 0 Å². The van der Waals surface area contributed by atoms with Gasteiger partial charge in [-0.2, -0.15) is 0 Å². The molecule has 10 rings (SSSR count). The average molecular weight is 659 g/mol. The van der Waals surface area contributed by atoms with E-state index < -0.39 is 0 Å². The molecule has 0 unspecified atom stereocenters. The number of benzene rings is 10. The van der Waals surface area contributed by atoms with Crippen LogP contribution in [0.4, 0.5) is 0 Å². The third-order valence-electron chi connectivity index (χ3n) is 10.6. The van der Waals surface area contributed by atoms with Gasteiger partial charge in [0.15, 0.2) is 0 Å². The minimum absolute atomic E-state index is 1.21. The molecule has 242 valence electrons. The quantitative estimate of drug-likeness (QED) is 0.161. The monoisotopic (exact) mass is 658 g/mol. The van der Waals surface area contributed by atoms with Crippen LogP contribution in [0.2, 0.25) is 0 Å². The van der Waals surface area contributed by atoms with E-state index in [0.717, 1.165) is 0 Å². The summed E-state index contributed by atoms with van der Waals surface area (Å²) in [7, 11) is 0. The molecule has 0 amide bonds. The number of fused-ring (bicyclic) bond motifs is 4. The van der Waals surface area contributed by atoms with Crippen LogP contribution in [-0.4, -0.2) is 0 Å². The van der Waals surface area contributed by atoms with Gasteiger partial charge in [0.05, 0.1) is 0 Å². The summed E-state index contributed by atoms with van der Waals surface area (Å²) in [6.45, 7) is 0. The molecule has 0 aromatic heterocycles.